The van der Waals surface area contributed by atoms with E-state index in [2.05, 4.69) is 0 Å². The lowest BCUT2D eigenvalue weighted by molar-refractivity contribution is -0.182. The number of methoxy groups -OCH3 is 1. The molecule has 0 amide bonds. The number of piperidine rings is 2. The molecule has 2 fully saturated rings. The zero-order chi connectivity index (χ0) is 16.4. The molecule has 0 spiro atoms. The molecular weight excluding hydrogens is 321 g/mol. The molecule has 130 valence electrons. The minimum Gasteiger partial charge on any atom is -0.384 e. The lowest BCUT2D eigenvalue weighted by atomic mass is 9.98. The molecule has 2 heterocycles. The van der Waals surface area contributed by atoms with E-state index in [-0.39, 0.29) is 31.8 Å². The molecule has 0 radical (unpaired) electrons. The smallest absolute Gasteiger partial charge is 0.384 e. The van der Waals surface area contributed by atoms with Crippen LogP contribution in [-0.2, 0) is 14.9 Å². The van der Waals surface area contributed by atoms with Gasteiger partial charge in [0.05, 0.1) is 12.5 Å². The first-order valence-electron chi connectivity index (χ1n) is 7.56. The Kier molecular flexibility index (Phi) is 5.73. The Hall–Kier alpha value is -0.380. The van der Waals surface area contributed by atoms with Crippen molar-refractivity contribution in [3.63, 3.8) is 0 Å². The predicted molar refractivity (Wildman–Crippen MR) is 75.4 cm³/mol. The highest BCUT2D eigenvalue weighted by atomic mass is 32.2. The van der Waals surface area contributed by atoms with Gasteiger partial charge in [0.1, 0.15) is 0 Å². The van der Waals surface area contributed by atoms with Gasteiger partial charge in [-0.3, -0.25) is 0 Å². The first kappa shape index (κ1) is 18.0. The van der Waals surface area contributed by atoms with Crippen LogP contribution in [0.5, 0.6) is 0 Å². The van der Waals surface area contributed by atoms with Crippen molar-refractivity contribution in [1.82, 2.24) is 8.61 Å². The van der Waals surface area contributed by atoms with Crippen molar-refractivity contribution in [2.45, 2.75) is 31.9 Å². The van der Waals surface area contributed by atoms with Gasteiger partial charge < -0.3 is 4.74 Å². The minimum atomic E-state index is -4.23. The van der Waals surface area contributed by atoms with E-state index < -0.39 is 22.3 Å². The van der Waals surface area contributed by atoms with Gasteiger partial charge in [0, 0.05) is 33.3 Å². The van der Waals surface area contributed by atoms with Gasteiger partial charge in [0.2, 0.25) is 0 Å². The number of ether oxygens (including phenoxy) is 1. The Morgan fingerprint density at radius 3 is 2.27 bits per heavy atom. The number of hydrogen-bond acceptors (Lipinski definition) is 3. The largest absolute Gasteiger partial charge is 0.391 e. The lowest BCUT2D eigenvalue weighted by Gasteiger charge is -2.38. The summed E-state index contributed by atoms with van der Waals surface area (Å²) in [5, 5.41) is 0. The molecule has 0 saturated carbocycles. The van der Waals surface area contributed by atoms with Crippen LogP contribution in [0, 0.1) is 11.8 Å². The molecular formula is C13H23F3N2O3S. The molecule has 2 aliphatic heterocycles. The first-order valence-corrected chi connectivity index (χ1v) is 8.95. The highest BCUT2D eigenvalue weighted by Crippen LogP contribution is 2.35. The van der Waals surface area contributed by atoms with Crippen molar-refractivity contribution < 1.29 is 26.3 Å². The minimum absolute atomic E-state index is 0.0576. The molecule has 2 rings (SSSR count). The second-order valence-corrected chi connectivity index (χ2v) is 7.97. The molecule has 0 aromatic rings. The second kappa shape index (κ2) is 7.02. The van der Waals surface area contributed by atoms with Crippen molar-refractivity contribution in [1.29, 1.82) is 0 Å². The third-order valence-corrected chi connectivity index (χ3v) is 6.46. The molecule has 2 saturated heterocycles. The van der Waals surface area contributed by atoms with Crippen molar-refractivity contribution in [3.8, 4) is 0 Å². The maximum atomic E-state index is 12.7. The molecule has 0 bridgehead atoms. The Bertz CT molecular complexity index is 460. The highest BCUT2D eigenvalue weighted by molar-refractivity contribution is 7.86. The first-order chi connectivity index (χ1) is 10.2. The van der Waals surface area contributed by atoms with E-state index in [0.29, 0.717) is 19.7 Å². The average Bonchev–Trinajstić information content (AvgIpc) is 2.47. The van der Waals surface area contributed by atoms with E-state index in [1.54, 1.807) is 7.11 Å². The standard InChI is InChI=1S/C13H23F3N2O3S/c1-21-10-11-3-2-6-18(9-11)22(19,20)17-7-4-12(5-8-17)13(14,15)16/h11-12H,2-10H2,1H3. The number of rotatable bonds is 4. The third kappa shape index (κ3) is 4.12. The van der Waals surface area contributed by atoms with Gasteiger partial charge in [-0.2, -0.15) is 30.2 Å². The third-order valence-electron chi connectivity index (χ3n) is 4.45. The van der Waals surface area contributed by atoms with Crippen LogP contribution in [0.3, 0.4) is 0 Å². The Balaban J connectivity index is 1.96. The topological polar surface area (TPSA) is 49.9 Å². The van der Waals surface area contributed by atoms with Gasteiger partial charge in [0.25, 0.3) is 10.2 Å². The van der Waals surface area contributed by atoms with Crippen LogP contribution >= 0.6 is 0 Å². The summed E-state index contributed by atoms with van der Waals surface area (Å²) in [5.41, 5.74) is 0. The fourth-order valence-corrected chi connectivity index (χ4v) is 4.94. The summed E-state index contributed by atoms with van der Waals surface area (Å²) in [6, 6.07) is 0. The lowest BCUT2D eigenvalue weighted by Crippen LogP contribution is -2.51. The van der Waals surface area contributed by atoms with E-state index in [1.165, 1.54) is 8.61 Å². The van der Waals surface area contributed by atoms with Gasteiger partial charge in [-0.1, -0.05) is 0 Å². The molecule has 1 atom stereocenters. The van der Waals surface area contributed by atoms with Gasteiger partial charge in [-0.15, -0.1) is 0 Å². The number of alkyl halides is 3. The summed E-state index contributed by atoms with van der Waals surface area (Å²) >= 11 is 0. The normalized spacial score (nSPS) is 27.2. The fourth-order valence-electron chi connectivity index (χ4n) is 3.19. The molecule has 0 aromatic carbocycles. The van der Waals surface area contributed by atoms with Crippen LogP contribution in [0.25, 0.3) is 0 Å². The molecule has 9 heteroatoms. The monoisotopic (exact) mass is 344 g/mol. The van der Waals surface area contributed by atoms with Crippen molar-refractivity contribution >= 4 is 10.2 Å². The quantitative estimate of drug-likeness (QED) is 0.782. The highest BCUT2D eigenvalue weighted by Gasteiger charge is 2.44. The van der Waals surface area contributed by atoms with Crippen LogP contribution in [0.1, 0.15) is 25.7 Å². The van der Waals surface area contributed by atoms with Gasteiger partial charge in [0.15, 0.2) is 0 Å². The van der Waals surface area contributed by atoms with Gasteiger partial charge in [-0.05, 0) is 31.6 Å². The molecule has 0 N–H and O–H groups in total. The summed E-state index contributed by atoms with van der Waals surface area (Å²) in [6.07, 6.45) is -2.87. The summed E-state index contributed by atoms with van der Waals surface area (Å²) in [7, 11) is -2.08. The van der Waals surface area contributed by atoms with Crippen LogP contribution in [-0.4, -0.2) is 63.1 Å². The van der Waals surface area contributed by atoms with Crippen LogP contribution in [0.2, 0.25) is 0 Å². The average molecular weight is 344 g/mol. The SMILES string of the molecule is COCC1CCCN(S(=O)(=O)N2CCC(C(F)(F)F)CC2)C1. The van der Waals surface area contributed by atoms with Crippen LogP contribution in [0.4, 0.5) is 13.2 Å². The molecule has 1 unspecified atom stereocenters. The van der Waals surface area contributed by atoms with Crippen molar-refractivity contribution in [2.24, 2.45) is 11.8 Å². The Morgan fingerprint density at radius 1 is 1.09 bits per heavy atom. The van der Waals surface area contributed by atoms with E-state index in [1.807, 2.05) is 0 Å². The maximum absolute atomic E-state index is 12.7. The van der Waals surface area contributed by atoms with E-state index in [0.717, 1.165) is 12.8 Å². The summed E-state index contributed by atoms with van der Waals surface area (Å²) in [6.45, 7) is 1.20. The molecule has 22 heavy (non-hydrogen) atoms. The van der Waals surface area contributed by atoms with Crippen molar-refractivity contribution in [3.05, 3.63) is 0 Å². The summed E-state index contributed by atoms with van der Waals surface area (Å²) < 4.78 is 70.8. The number of nitrogens with zero attached hydrogens (tertiary/aromatic N) is 2. The molecule has 0 aromatic heterocycles. The molecule has 5 nitrogen and oxygen atoms in total. The number of halogens is 3. The zero-order valence-corrected chi connectivity index (χ0v) is 13.5. The van der Waals surface area contributed by atoms with Crippen molar-refractivity contribution in [2.75, 3.05) is 39.9 Å². The van der Waals surface area contributed by atoms with Crippen LogP contribution in [0.15, 0.2) is 0 Å². The number of hydrogen-bond donors (Lipinski definition) is 0. The zero-order valence-electron chi connectivity index (χ0n) is 12.7. The second-order valence-electron chi connectivity index (χ2n) is 6.04. The Morgan fingerprint density at radius 2 is 1.73 bits per heavy atom. The molecule has 0 aliphatic carbocycles. The fraction of sp³-hybridized carbons (Fsp3) is 1.00. The van der Waals surface area contributed by atoms with E-state index in [4.69, 9.17) is 4.74 Å². The van der Waals surface area contributed by atoms with E-state index >= 15 is 0 Å². The Labute approximate surface area is 129 Å². The van der Waals surface area contributed by atoms with Gasteiger partial charge >= 0.3 is 6.18 Å². The van der Waals surface area contributed by atoms with Crippen LogP contribution < -0.4 is 0 Å². The predicted octanol–water partition coefficient (Wildman–Crippen LogP) is 1.86. The van der Waals surface area contributed by atoms with E-state index in [9.17, 15) is 21.6 Å². The maximum Gasteiger partial charge on any atom is 0.391 e. The van der Waals surface area contributed by atoms with Gasteiger partial charge in [-0.25, -0.2) is 0 Å². The summed E-state index contributed by atoms with van der Waals surface area (Å²) in [5.74, 6) is -1.23. The molecule has 2 aliphatic rings. The summed E-state index contributed by atoms with van der Waals surface area (Å²) in [4.78, 5) is 0.